The lowest BCUT2D eigenvalue weighted by atomic mass is 10.1. The third kappa shape index (κ3) is 4.99. The molecule has 0 aliphatic carbocycles. The number of amides is 1. The van der Waals surface area contributed by atoms with Crippen LogP contribution in [0.4, 0.5) is 10.1 Å². The quantitative estimate of drug-likeness (QED) is 0.629. The Hall–Kier alpha value is -2.58. The number of hydrogen-bond acceptors (Lipinski definition) is 5. The topological polar surface area (TPSA) is 76.1 Å². The van der Waals surface area contributed by atoms with E-state index in [1.165, 1.54) is 12.1 Å². The molecule has 0 unspecified atom stereocenters. The maximum Gasteiger partial charge on any atom is 0.225 e. The molecule has 0 aliphatic rings. The van der Waals surface area contributed by atoms with Crippen molar-refractivity contribution in [2.75, 3.05) is 11.1 Å². The van der Waals surface area contributed by atoms with Gasteiger partial charge in [-0.1, -0.05) is 12.1 Å². The first-order valence-electron chi connectivity index (χ1n) is 8.14. The molecule has 8 heteroatoms. The van der Waals surface area contributed by atoms with Crippen molar-refractivity contribution in [2.45, 2.75) is 18.2 Å². The molecule has 1 amide bonds. The van der Waals surface area contributed by atoms with Crippen LogP contribution < -0.4 is 5.32 Å². The molecule has 27 heavy (non-hydrogen) atoms. The minimum absolute atomic E-state index is 0.000362. The van der Waals surface area contributed by atoms with Gasteiger partial charge in [0.1, 0.15) is 5.82 Å². The van der Waals surface area contributed by atoms with E-state index in [-0.39, 0.29) is 17.1 Å². The van der Waals surface area contributed by atoms with Gasteiger partial charge >= 0.3 is 0 Å². The van der Waals surface area contributed by atoms with Gasteiger partial charge in [-0.25, -0.2) is 17.8 Å². The van der Waals surface area contributed by atoms with Gasteiger partial charge in [-0.3, -0.25) is 4.79 Å². The van der Waals surface area contributed by atoms with Crippen molar-refractivity contribution >= 4 is 32.8 Å². The maximum absolute atomic E-state index is 12.9. The third-order valence-corrected chi connectivity index (χ3v) is 6.36. The minimum Gasteiger partial charge on any atom is -0.326 e. The van der Waals surface area contributed by atoms with Crippen LogP contribution in [-0.4, -0.2) is 25.1 Å². The number of benzene rings is 2. The Kier molecular flexibility index (Phi) is 5.67. The van der Waals surface area contributed by atoms with Crippen molar-refractivity contribution < 1.29 is 17.6 Å². The van der Waals surface area contributed by atoms with E-state index < -0.39 is 21.6 Å². The Morgan fingerprint density at radius 3 is 2.37 bits per heavy atom. The number of aromatic nitrogens is 1. The second-order valence-electron chi connectivity index (χ2n) is 5.90. The highest BCUT2D eigenvalue weighted by Crippen LogP contribution is 2.23. The predicted octanol–water partition coefficient (Wildman–Crippen LogP) is 4.06. The second-order valence-corrected chi connectivity index (χ2v) is 9.07. The van der Waals surface area contributed by atoms with Crippen LogP contribution in [-0.2, 0) is 14.6 Å². The molecule has 1 N–H and O–H groups in total. The van der Waals surface area contributed by atoms with Crippen LogP contribution in [0.2, 0.25) is 0 Å². The van der Waals surface area contributed by atoms with Gasteiger partial charge in [0.2, 0.25) is 5.91 Å². The molecule has 0 atom stereocenters. The number of rotatable bonds is 6. The van der Waals surface area contributed by atoms with E-state index >= 15 is 0 Å². The van der Waals surface area contributed by atoms with Gasteiger partial charge < -0.3 is 5.32 Å². The van der Waals surface area contributed by atoms with Crippen LogP contribution in [0.1, 0.15) is 11.4 Å². The zero-order valence-electron chi connectivity index (χ0n) is 14.5. The Morgan fingerprint density at radius 2 is 1.78 bits per heavy atom. The lowest BCUT2D eigenvalue weighted by molar-refractivity contribution is -0.115. The number of aryl methyl sites for hydroxylation is 1. The van der Waals surface area contributed by atoms with E-state index in [9.17, 15) is 17.6 Å². The highest BCUT2D eigenvalue weighted by molar-refractivity contribution is 7.91. The molecule has 0 radical (unpaired) electrons. The lowest BCUT2D eigenvalue weighted by Crippen LogP contribution is -2.17. The number of hydrogen-bond donors (Lipinski definition) is 1. The minimum atomic E-state index is -3.64. The fourth-order valence-corrected chi connectivity index (χ4v) is 4.29. The van der Waals surface area contributed by atoms with E-state index in [0.29, 0.717) is 5.69 Å². The molecule has 1 aromatic heterocycles. The molecule has 0 bridgehead atoms. The molecule has 0 aliphatic heterocycles. The summed E-state index contributed by atoms with van der Waals surface area (Å²) in [6.07, 6.45) is -0.188. The predicted molar refractivity (Wildman–Crippen MR) is 104 cm³/mol. The number of halogens is 1. The Bertz CT molecular complexity index is 1040. The van der Waals surface area contributed by atoms with E-state index in [1.807, 2.05) is 24.4 Å². The smallest absolute Gasteiger partial charge is 0.225 e. The SMILES string of the molecule is Cc1nc(-c2ccc(NC(=O)CCS(=O)(=O)c3ccc(F)cc3)cc2)cs1. The molecule has 0 spiro atoms. The zero-order valence-corrected chi connectivity index (χ0v) is 16.1. The van der Waals surface area contributed by atoms with Crippen molar-refractivity contribution in [1.29, 1.82) is 0 Å². The summed E-state index contributed by atoms with van der Waals surface area (Å²) < 4.78 is 37.3. The molecule has 140 valence electrons. The molecule has 3 rings (SSSR count). The molecule has 1 heterocycles. The molecule has 0 saturated heterocycles. The van der Waals surface area contributed by atoms with Gasteiger partial charge in [-0.05, 0) is 43.3 Å². The van der Waals surface area contributed by atoms with E-state index in [2.05, 4.69) is 10.3 Å². The van der Waals surface area contributed by atoms with E-state index in [0.717, 1.165) is 28.4 Å². The van der Waals surface area contributed by atoms with Gasteiger partial charge in [0.25, 0.3) is 0 Å². The van der Waals surface area contributed by atoms with Crippen LogP contribution in [0, 0.1) is 12.7 Å². The number of carbonyl (C=O) groups is 1. The molecular formula is C19H17FN2O3S2. The maximum atomic E-state index is 12.9. The Morgan fingerprint density at radius 1 is 1.11 bits per heavy atom. The summed E-state index contributed by atoms with van der Waals surface area (Å²) in [6, 6.07) is 11.7. The summed E-state index contributed by atoms with van der Waals surface area (Å²) in [7, 11) is -3.64. The number of sulfone groups is 1. The first kappa shape index (κ1) is 19.2. The van der Waals surface area contributed by atoms with Crippen LogP contribution in [0.5, 0.6) is 0 Å². The summed E-state index contributed by atoms with van der Waals surface area (Å²) in [5, 5.41) is 5.62. The van der Waals surface area contributed by atoms with Crippen molar-refractivity contribution in [3.05, 3.63) is 64.7 Å². The van der Waals surface area contributed by atoms with E-state index in [1.54, 1.807) is 23.5 Å². The summed E-state index contributed by atoms with van der Waals surface area (Å²) >= 11 is 1.56. The van der Waals surface area contributed by atoms with Gasteiger partial charge in [-0.15, -0.1) is 11.3 Å². The first-order valence-corrected chi connectivity index (χ1v) is 10.7. The largest absolute Gasteiger partial charge is 0.326 e. The molecule has 3 aromatic rings. The van der Waals surface area contributed by atoms with Gasteiger partial charge in [0.05, 0.1) is 21.3 Å². The van der Waals surface area contributed by atoms with Crippen molar-refractivity contribution in [1.82, 2.24) is 4.98 Å². The number of nitrogens with one attached hydrogen (secondary N) is 1. The van der Waals surface area contributed by atoms with Gasteiger partial charge in [0, 0.05) is 23.1 Å². The number of nitrogens with zero attached hydrogens (tertiary/aromatic N) is 1. The van der Waals surface area contributed by atoms with Crippen LogP contribution >= 0.6 is 11.3 Å². The van der Waals surface area contributed by atoms with Crippen molar-refractivity contribution in [3.63, 3.8) is 0 Å². The van der Waals surface area contributed by atoms with E-state index in [4.69, 9.17) is 0 Å². The zero-order chi connectivity index (χ0) is 19.4. The second kappa shape index (κ2) is 7.98. The molecule has 5 nitrogen and oxygen atoms in total. The van der Waals surface area contributed by atoms with Crippen molar-refractivity contribution in [2.24, 2.45) is 0 Å². The summed E-state index contributed by atoms with van der Waals surface area (Å²) in [4.78, 5) is 16.5. The molecule has 2 aromatic carbocycles. The normalized spacial score (nSPS) is 11.3. The summed E-state index contributed by atoms with van der Waals surface area (Å²) in [5.41, 5.74) is 2.40. The van der Waals surface area contributed by atoms with Crippen LogP contribution in [0.25, 0.3) is 11.3 Å². The number of carbonyl (C=O) groups excluding carboxylic acids is 1. The summed E-state index contributed by atoms with van der Waals surface area (Å²) in [5.74, 6) is -1.26. The van der Waals surface area contributed by atoms with Gasteiger partial charge in [0.15, 0.2) is 9.84 Å². The fraction of sp³-hybridized carbons (Fsp3) is 0.158. The lowest BCUT2D eigenvalue weighted by Gasteiger charge is -2.07. The fourth-order valence-electron chi connectivity index (χ4n) is 2.43. The standard InChI is InChI=1S/C19H17FN2O3S2/c1-13-21-18(12-26-13)14-2-6-16(7-3-14)22-19(23)10-11-27(24,25)17-8-4-15(20)5-9-17/h2-9,12H,10-11H2,1H3,(H,22,23). The van der Waals surface area contributed by atoms with Crippen LogP contribution in [0.3, 0.4) is 0 Å². The third-order valence-electron chi connectivity index (χ3n) is 3.85. The molecule has 0 saturated carbocycles. The Labute approximate surface area is 160 Å². The molecule has 0 fully saturated rings. The van der Waals surface area contributed by atoms with Crippen LogP contribution in [0.15, 0.2) is 58.8 Å². The highest BCUT2D eigenvalue weighted by atomic mass is 32.2. The number of thiazole rings is 1. The molecular weight excluding hydrogens is 387 g/mol. The Balaban J connectivity index is 1.58. The highest BCUT2D eigenvalue weighted by Gasteiger charge is 2.16. The summed E-state index contributed by atoms with van der Waals surface area (Å²) in [6.45, 7) is 1.93. The number of anilines is 1. The van der Waals surface area contributed by atoms with Crippen molar-refractivity contribution in [3.8, 4) is 11.3 Å². The average molecular weight is 404 g/mol. The van der Waals surface area contributed by atoms with Gasteiger partial charge in [-0.2, -0.15) is 0 Å². The average Bonchev–Trinajstić information content (AvgIpc) is 3.07. The first-order chi connectivity index (χ1) is 12.8. The monoisotopic (exact) mass is 404 g/mol.